The molecule has 0 unspecified atom stereocenters. The van der Waals surface area contributed by atoms with Crippen molar-refractivity contribution in [1.29, 1.82) is 0 Å². The van der Waals surface area contributed by atoms with Crippen molar-refractivity contribution in [2.75, 3.05) is 14.1 Å². The molecule has 20 heavy (non-hydrogen) atoms. The SMILES string of the molecule is CN(C)C(=O)NC(N)=NCc1cccc2ccccc12. The van der Waals surface area contributed by atoms with Crippen LogP contribution in [0.25, 0.3) is 10.8 Å². The standard InChI is InChI=1S/C15H18N4O/c1-19(2)15(20)18-14(16)17-10-12-8-5-7-11-6-3-4-9-13(11)12/h3-9H,10H2,1-2H3,(H3,16,17,18,20). The number of urea groups is 1. The predicted octanol–water partition coefficient (Wildman–Crippen LogP) is 1.93. The smallest absolute Gasteiger partial charge is 0.323 e. The van der Waals surface area contributed by atoms with Crippen molar-refractivity contribution in [2.24, 2.45) is 10.7 Å². The lowest BCUT2D eigenvalue weighted by molar-refractivity contribution is 0.222. The maximum absolute atomic E-state index is 11.4. The van der Waals surface area contributed by atoms with Crippen LogP contribution >= 0.6 is 0 Å². The van der Waals surface area contributed by atoms with E-state index in [0.717, 1.165) is 16.3 Å². The van der Waals surface area contributed by atoms with E-state index in [0.29, 0.717) is 6.54 Å². The number of carbonyl (C=O) groups is 1. The van der Waals surface area contributed by atoms with Crippen LogP contribution in [-0.4, -0.2) is 31.0 Å². The number of rotatable bonds is 2. The van der Waals surface area contributed by atoms with E-state index in [9.17, 15) is 4.79 Å². The van der Waals surface area contributed by atoms with Crippen LogP contribution in [0.2, 0.25) is 0 Å². The molecule has 2 rings (SSSR count). The van der Waals surface area contributed by atoms with Crippen molar-refractivity contribution < 1.29 is 4.79 Å². The molecule has 0 saturated carbocycles. The first-order valence-corrected chi connectivity index (χ1v) is 6.33. The molecule has 0 aliphatic rings. The summed E-state index contributed by atoms with van der Waals surface area (Å²) in [5.74, 6) is 0.122. The van der Waals surface area contributed by atoms with E-state index in [2.05, 4.69) is 28.5 Å². The normalized spacial score (nSPS) is 11.4. The van der Waals surface area contributed by atoms with Crippen LogP contribution in [0.4, 0.5) is 4.79 Å². The molecule has 0 atom stereocenters. The Morgan fingerprint density at radius 3 is 2.65 bits per heavy atom. The first-order valence-electron chi connectivity index (χ1n) is 6.33. The zero-order valence-electron chi connectivity index (χ0n) is 11.6. The van der Waals surface area contributed by atoms with Crippen LogP contribution in [0.1, 0.15) is 5.56 Å². The van der Waals surface area contributed by atoms with Crippen LogP contribution in [0.15, 0.2) is 47.5 Å². The minimum atomic E-state index is -0.288. The second kappa shape index (κ2) is 6.06. The highest BCUT2D eigenvalue weighted by Gasteiger charge is 2.04. The molecule has 104 valence electrons. The van der Waals surface area contributed by atoms with Crippen molar-refractivity contribution in [3.05, 3.63) is 48.0 Å². The molecular formula is C15H18N4O. The Balaban J connectivity index is 2.14. The first-order chi connectivity index (χ1) is 9.58. The van der Waals surface area contributed by atoms with Crippen molar-refractivity contribution in [3.63, 3.8) is 0 Å². The lowest BCUT2D eigenvalue weighted by atomic mass is 10.1. The average Bonchev–Trinajstić information content (AvgIpc) is 2.44. The molecule has 3 N–H and O–H groups in total. The predicted molar refractivity (Wildman–Crippen MR) is 81.5 cm³/mol. The Labute approximate surface area is 118 Å². The third-order valence-corrected chi connectivity index (χ3v) is 2.94. The Morgan fingerprint density at radius 1 is 1.20 bits per heavy atom. The van der Waals surface area contributed by atoms with Gasteiger partial charge in [0.1, 0.15) is 0 Å². The van der Waals surface area contributed by atoms with E-state index in [1.54, 1.807) is 14.1 Å². The summed E-state index contributed by atoms with van der Waals surface area (Å²) in [7, 11) is 3.29. The van der Waals surface area contributed by atoms with Gasteiger partial charge in [-0.15, -0.1) is 0 Å². The molecule has 0 saturated heterocycles. The molecule has 0 aliphatic heterocycles. The maximum atomic E-state index is 11.4. The van der Waals surface area contributed by atoms with Crippen molar-refractivity contribution >= 4 is 22.8 Å². The molecule has 2 amide bonds. The molecule has 0 spiro atoms. The summed E-state index contributed by atoms with van der Waals surface area (Å²) in [6.45, 7) is 0.431. The molecule has 0 fully saturated rings. The van der Waals surface area contributed by atoms with Gasteiger partial charge in [-0.2, -0.15) is 0 Å². The number of aliphatic imine (C=N–C) groups is 1. The number of nitrogens with two attached hydrogens (primary N) is 1. The Morgan fingerprint density at radius 2 is 1.90 bits per heavy atom. The Hall–Kier alpha value is -2.56. The number of guanidine groups is 1. The highest BCUT2D eigenvalue weighted by atomic mass is 16.2. The van der Waals surface area contributed by atoms with Gasteiger partial charge in [-0.05, 0) is 16.3 Å². The van der Waals surface area contributed by atoms with Crippen molar-refractivity contribution in [2.45, 2.75) is 6.54 Å². The summed E-state index contributed by atoms with van der Waals surface area (Å²) in [4.78, 5) is 17.0. The number of nitrogens with zero attached hydrogens (tertiary/aromatic N) is 2. The van der Waals surface area contributed by atoms with E-state index in [1.807, 2.05) is 24.3 Å². The van der Waals surface area contributed by atoms with Crippen LogP contribution < -0.4 is 11.1 Å². The van der Waals surface area contributed by atoms with Gasteiger partial charge in [0.2, 0.25) is 0 Å². The molecule has 2 aromatic carbocycles. The topological polar surface area (TPSA) is 70.7 Å². The van der Waals surface area contributed by atoms with Crippen LogP contribution in [0, 0.1) is 0 Å². The summed E-state index contributed by atoms with van der Waals surface area (Å²) in [5, 5.41) is 4.82. The molecule has 0 aliphatic carbocycles. The van der Waals surface area contributed by atoms with Gasteiger partial charge in [0.05, 0.1) is 6.54 Å². The third-order valence-electron chi connectivity index (χ3n) is 2.94. The van der Waals surface area contributed by atoms with Gasteiger partial charge in [0, 0.05) is 14.1 Å². The molecule has 0 heterocycles. The number of hydrogen-bond donors (Lipinski definition) is 2. The number of amides is 2. The van der Waals surface area contributed by atoms with Gasteiger partial charge in [-0.25, -0.2) is 9.79 Å². The van der Waals surface area contributed by atoms with E-state index in [-0.39, 0.29) is 12.0 Å². The number of fused-ring (bicyclic) bond motifs is 1. The zero-order valence-corrected chi connectivity index (χ0v) is 11.6. The number of benzene rings is 2. The highest BCUT2D eigenvalue weighted by molar-refractivity contribution is 5.95. The highest BCUT2D eigenvalue weighted by Crippen LogP contribution is 2.18. The van der Waals surface area contributed by atoms with Crippen molar-refractivity contribution in [3.8, 4) is 0 Å². The lowest BCUT2D eigenvalue weighted by Crippen LogP contribution is -2.42. The fourth-order valence-corrected chi connectivity index (χ4v) is 1.86. The maximum Gasteiger partial charge on any atom is 0.323 e. The number of nitrogens with one attached hydrogen (secondary N) is 1. The summed E-state index contributed by atoms with van der Waals surface area (Å²) < 4.78 is 0. The van der Waals surface area contributed by atoms with Crippen LogP contribution in [0.5, 0.6) is 0 Å². The van der Waals surface area contributed by atoms with Gasteiger partial charge >= 0.3 is 6.03 Å². The fourth-order valence-electron chi connectivity index (χ4n) is 1.86. The molecule has 0 bridgehead atoms. The van der Waals surface area contributed by atoms with Gasteiger partial charge in [-0.1, -0.05) is 42.5 Å². The summed E-state index contributed by atoms with van der Waals surface area (Å²) in [6.07, 6.45) is 0. The Bertz CT molecular complexity index is 644. The van der Waals surface area contributed by atoms with Crippen LogP contribution in [-0.2, 0) is 6.54 Å². The second-order valence-corrected chi connectivity index (χ2v) is 4.66. The van der Waals surface area contributed by atoms with Crippen molar-refractivity contribution in [1.82, 2.24) is 10.2 Å². The molecule has 5 heteroatoms. The van der Waals surface area contributed by atoms with Crippen LogP contribution in [0.3, 0.4) is 0 Å². The van der Waals surface area contributed by atoms with E-state index < -0.39 is 0 Å². The van der Waals surface area contributed by atoms with E-state index in [4.69, 9.17) is 5.73 Å². The molecule has 0 radical (unpaired) electrons. The quantitative estimate of drug-likeness (QED) is 0.646. The largest absolute Gasteiger partial charge is 0.370 e. The van der Waals surface area contributed by atoms with E-state index >= 15 is 0 Å². The molecule has 5 nitrogen and oxygen atoms in total. The van der Waals surface area contributed by atoms with Gasteiger partial charge < -0.3 is 10.6 Å². The molecule has 0 aromatic heterocycles. The Kier molecular flexibility index (Phi) is 4.20. The average molecular weight is 270 g/mol. The molecular weight excluding hydrogens is 252 g/mol. The minimum Gasteiger partial charge on any atom is -0.370 e. The zero-order chi connectivity index (χ0) is 14.5. The third kappa shape index (κ3) is 3.26. The summed E-state index contributed by atoms with van der Waals surface area (Å²) >= 11 is 0. The monoisotopic (exact) mass is 270 g/mol. The minimum absolute atomic E-state index is 0.122. The lowest BCUT2D eigenvalue weighted by Gasteiger charge is -2.11. The summed E-state index contributed by atoms with van der Waals surface area (Å²) in [6, 6.07) is 13.9. The second-order valence-electron chi connectivity index (χ2n) is 4.66. The fraction of sp³-hybridized carbons (Fsp3) is 0.200. The van der Waals surface area contributed by atoms with Gasteiger partial charge in [0.25, 0.3) is 0 Å². The number of carbonyl (C=O) groups excluding carboxylic acids is 1. The molecule has 2 aromatic rings. The van der Waals surface area contributed by atoms with E-state index in [1.165, 1.54) is 4.90 Å². The van der Waals surface area contributed by atoms with Gasteiger partial charge in [-0.3, -0.25) is 5.32 Å². The number of hydrogen-bond acceptors (Lipinski definition) is 2. The first kappa shape index (κ1) is 13.9. The van der Waals surface area contributed by atoms with Gasteiger partial charge in [0.15, 0.2) is 5.96 Å². The summed E-state index contributed by atoms with van der Waals surface area (Å²) in [5.41, 5.74) is 6.77.